The number of carbonyl (C=O) groups excluding carboxylic acids is 1. The molecule has 0 rings (SSSR count). The molecule has 5 nitrogen and oxygen atoms in total. The Morgan fingerprint density at radius 2 is 2.25 bits per heavy atom. The average Bonchev–Trinajstić information content (AvgIpc) is 2.24. The summed E-state index contributed by atoms with van der Waals surface area (Å²) < 4.78 is 0. The van der Waals surface area contributed by atoms with Gasteiger partial charge in [0.15, 0.2) is 0 Å². The zero-order chi connectivity index (χ0) is 12.6. The van der Waals surface area contributed by atoms with Gasteiger partial charge in [0.25, 0.3) is 0 Å². The second kappa shape index (κ2) is 8.04. The molecule has 92 valence electrons. The molecule has 16 heavy (non-hydrogen) atoms. The van der Waals surface area contributed by atoms with Crippen LogP contribution in [0.15, 0.2) is 12.7 Å². The number of rotatable bonds is 7. The first-order valence-corrected chi connectivity index (χ1v) is 6.26. The Bertz CT molecular complexity index is 258. The van der Waals surface area contributed by atoms with Gasteiger partial charge < -0.3 is 15.3 Å². The van der Waals surface area contributed by atoms with Crippen molar-refractivity contribution in [2.24, 2.45) is 0 Å². The van der Waals surface area contributed by atoms with Crippen LogP contribution >= 0.6 is 11.8 Å². The van der Waals surface area contributed by atoms with Crippen LogP contribution in [0.1, 0.15) is 6.42 Å². The summed E-state index contributed by atoms with van der Waals surface area (Å²) in [4.78, 5) is 23.8. The molecule has 0 fully saturated rings. The van der Waals surface area contributed by atoms with Gasteiger partial charge in [-0.3, -0.25) is 0 Å². The first kappa shape index (κ1) is 14.8. The van der Waals surface area contributed by atoms with E-state index in [2.05, 4.69) is 11.9 Å². The summed E-state index contributed by atoms with van der Waals surface area (Å²) in [6.07, 6.45) is 3.64. The number of thioether (sulfide) groups is 1. The highest BCUT2D eigenvalue weighted by molar-refractivity contribution is 7.98. The van der Waals surface area contributed by atoms with Gasteiger partial charge in [0.05, 0.1) is 0 Å². The van der Waals surface area contributed by atoms with Crippen LogP contribution in [0.3, 0.4) is 0 Å². The van der Waals surface area contributed by atoms with Crippen molar-refractivity contribution in [1.82, 2.24) is 10.2 Å². The minimum Gasteiger partial charge on any atom is -0.480 e. The molecule has 0 aromatic carbocycles. The van der Waals surface area contributed by atoms with E-state index < -0.39 is 12.0 Å². The predicted molar refractivity (Wildman–Crippen MR) is 65.8 cm³/mol. The molecule has 1 unspecified atom stereocenters. The number of hydrogen-bond donors (Lipinski definition) is 2. The molecule has 0 saturated heterocycles. The molecule has 0 bridgehead atoms. The minimum atomic E-state index is -1.05. The van der Waals surface area contributed by atoms with Gasteiger partial charge in [-0.15, -0.1) is 6.58 Å². The quantitative estimate of drug-likeness (QED) is 0.658. The average molecular weight is 246 g/mol. The number of nitrogens with one attached hydrogen (secondary N) is 1. The Labute approximate surface area is 99.9 Å². The number of urea groups is 1. The largest absolute Gasteiger partial charge is 0.480 e. The van der Waals surface area contributed by atoms with E-state index in [0.717, 1.165) is 5.75 Å². The van der Waals surface area contributed by atoms with Crippen LogP contribution in [0.2, 0.25) is 0 Å². The van der Waals surface area contributed by atoms with Crippen molar-refractivity contribution in [3.8, 4) is 0 Å². The number of amides is 2. The van der Waals surface area contributed by atoms with Gasteiger partial charge in [-0.05, 0) is 12.7 Å². The van der Waals surface area contributed by atoms with Crippen LogP contribution in [-0.2, 0) is 4.79 Å². The third-order valence-electron chi connectivity index (χ3n) is 1.98. The van der Waals surface area contributed by atoms with Gasteiger partial charge in [-0.1, -0.05) is 6.08 Å². The fourth-order valence-electron chi connectivity index (χ4n) is 0.977. The van der Waals surface area contributed by atoms with Gasteiger partial charge in [-0.25, -0.2) is 9.59 Å². The fraction of sp³-hybridized carbons (Fsp3) is 0.600. The molecule has 0 aromatic heterocycles. The second-order valence-corrected chi connectivity index (χ2v) is 4.26. The molecule has 0 aromatic rings. The summed E-state index contributed by atoms with van der Waals surface area (Å²) in [6.45, 7) is 4.04. The lowest BCUT2D eigenvalue weighted by Gasteiger charge is -2.20. The molecular formula is C10H18N2O3S. The van der Waals surface area contributed by atoms with Gasteiger partial charge in [0.1, 0.15) is 6.04 Å². The molecule has 2 amide bonds. The molecule has 0 aliphatic rings. The Morgan fingerprint density at radius 1 is 1.62 bits per heavy atom. The van der Waals surface area contributed by atoms with Crippen LogP contribution in [0.25, 0.3) is 0 Å². The molecule has 6 heteroatoms. The van der Waals surface area contributed by atoms with Crippen molar-refractivity contribution in [1.29, 1.82) is 0 Å². The van der Waals surface area contributed by atoms with Crippen LogP contribution in [0.4, 0.5) is 4.79 Å². The summed E-state index contributed by atoms with van der Waals surface area (Å²) in [5.41, 5.74) is 0. The Hall–Kier alpha value is -1.17. The van der Waals surface area contributed by atoms with Crippen molar-refractivity contribution in [3.05, 3.63) is 12.7 Å². The lowest BCUT2D eigenvalue weighted by molar-refractivity contribution is -0.139. The molecule has 0 radical (unpaired) electrons. The number of carbonyl (C=O) groups is 2. The van der Waals surface area contributed by atoms with E-state index in [4.69, 9.17) is 5.11 Å². The molecule has 2 N–H and O–H groups in total. The molecule has 0 aliphatic carbocycles. The van der Waals surface area contributed by atoms with E-state index >= 15 is 0 Å². The van der Waals surface area contributed by atoms with Crippen LogP contribution < -0.4 is 5.32 Å². The standard InChI is InChI=1S/C10H18N2O3S/c1-4-5-8(9(13)14)11-10(15)12(2)6-7-16-3/h4,8H,1,5-7H2,2-3H3,(H,11,15)(H,13,14). The van der Waals surface area contributed by atoms with E-state index in [0.29, 0.717) is 6.54 Å². The van der Waals surface area contributed by atoms with Crippen LogP contribution in [0, 0.1) is 0 Å². The summed E-state index contributed by atoms with van der Waals surface area (Å²) in [5, 5.41) is 11.3. The predicted octanol–water partition coefficient (Wildman–Crippen LogP) is 1.02. The smallest absolute Gasteiger partial charge is 0.326 e. The molecular weight excluding hydrogens is 228 g/mol. The summed E-state index contributed by atoms with van der Waals surface area (Å²) in [5.74, 6) is -0.227. The van der Waals surface area contributed by atoms with E-state index in [1.807, 2.05) is 6.26 Å². The maximum atomic E-state index is 11.5. The number of carboxylic acid groups (broad SMARTS) is 1. The lowest BCUT2D eigenvalue weighted by Crippen LogP contribution is -2.46. The van der Waals surface area contributed by atoms with Gasteiger partial charge in [-0.2, -0.15) is 11.8 Å². The Morgan fingerprint density at radius 3 is 2.69 bits per heavy atom. The topological polar surface area (TPSA) is 69.6 Å². The van der Waals surface area contributed by atoms with E-state index in [1.54, 1.807) is 18.8 Å². The van der Waals surface area contributed by atoms with E-state index in [9.17, 15) is 9.59 Å². The summed E-state index contributed by atoms with van der Waals surface area (Å²) in [7, 11) is 1.64. The Kier molecular flexibility index (Phi) is 7.45. The Balaban J connectivity index is 4.17. The van der Waals surface area contributed by atoms with Crippen molar-refractivity contribution in [3.63, 3.8) is 0 Å². The number of nitrogens with zero attached hydrogens (tertiary/aromatic N) is 1. The monoisotopic (exact) mass is 246 g/mol. The third-order valence-corrected chi connectivity index (χ3v) is 2.57. The zero-order valence-corrected chi connectivity index (χ0v) is 10.4. The summed E-state index contributed by atoms with van der Waals surface area (Å²) >= 11 is 1.63. The molecule has 0 heterocycles. The SMILES string of the molecule is C=CCC(NC(=O)N(C)CCSC)C(=O)O. The highest BCUT2D eigenvalue weighted by atomic mass is 32.2. The van der Waals surface area contributed by atoms with E-state index in [-0.39, 0.29) is 12.5 Å². The van der Waals surface area contributed by atoms with Gasteiger partial charge >= 0.3 is 12.0 Å². The zero-order valence-electron chi connectivity index (χ0n) is 9.60. The normalized spacial score (nSPS) is 11.6. The van der Waals surface area contributed by atoms with Crippen LogP contribution in [-0.4, -0.2) is 53.6 Å². The van der Waals surface area contributed by atoms with Crippen molar-refractivity contribution < 1.29 is 14.7 Å². The maximum Gasteiger partial charge on any atom is 0.326 e. The molecule has 0 spiro atoms. The van der Waals surface area contributed by atoms with Crippen LogP contribution in [0.5, 0.6) is 0 Å². The molecule has 0 aliphatic heterocycles. The fourth-order valence-corrected chi connectivity index (χ4v) is 1.43. The molecule has 1 atom stereocenters. The number of aliphatic carboxylic acids is 1. The number of carboxylic acids is 1. The molecule has 0 saturated carbocycles. The first-order valence-electron chi connectivity index (χ1n) is 4.87. The third kappa shape index (κ3) is 5.65. The second-order valence-electron chi connectivity index (χ2n) is 3.28. The highest BCUT2D eigenvalue weighted by Gasteiger charge is 2.19. The van der Waals surface area contributed by atoms with E-state index in [1.165, 1.54) is 11.0 Å². The maximum absolute atomic E-state index is 11.5. The summed E-state index contributed by atoms with van der Waals surface area (Å²) in [6, 6.07) is -1.27. The highest BCUT2D eigenvalue weighted by Crippen LogP contribution is 1.97. The van der Waals surface area contributed by atoms with Gasteiger partial charge in [0, 0.05) is 19.3 Å². The minimum absolute atomic E-state index is 0.220. The number of hydrogen-bond acceptors (Lipinski definition) is 3. The van der Waals surface area contributed by atoms with Crippen molar-refractivity contribution in [2.75, 3.05) is 25.6 Å². The van der Waals surface area contributed by atoms with Crippen molar-refractivity contribution in [2.45, 2.75) is 12.5 Å². The lowest BCUT2D eigenvalue weighted by atomic mass is 10.2. The van der Waals surface area contributed by atoms with Crippen molar-refractivity contribution >= 4 is 23.8 Å². The van der Waals surface area contributed by atoms with Gasteiger partial charge in [0.2, 0.25) is 0 Å². The first-order chi connectivity index (χ1) is 7.52.